The van der Waals surface area contributed by atoms with Crippen LogP contribution in [0.15, 0.2) is 18.2 Å². The molecule has 1 aromatic rings. The Hall–Kier alpha value is -1.53. The van der Waals surface area contributed by atoms with E-state index in [0.717, 1.165) is 18.2 Å². The van der Waals surface area contributed by atoms with E-state index in [1.165, 1.54) is 4.90 Å². The molecule has 1 heterocycles. The van der Waals surface area contributed by atoms with Crippen molar-refractivity contribution in [3.8, 4) is 0 Å². The van der Waals surface area contributed by atoms with Crippen LogP contribution in [0, 0.1) is 11.6 Å². The second-order valence-corrected chi connectivity index (χ2v) is 4.97. The first-order chi connectivity index (χ1) is 8.88. The lowest BCUT2D eigenvalue weighted by molar-refractivity contribution is 0.0763. The highest BCUT2D eigenvalue weighted by Crippen LogP contribution is 2.18. The Bertz CT molecular complexity index is 473. The molecule has 0 aliphatic carbocycles. The quantitative estimate of drug-likeness (QED) is 0.861. The number of benzene rings is 1. The molecule has 1 saturated heterocycles. The maximum absolute atomic E-state index is 13.1. The van der Waals surface area contributed by atoms with Crippen molar-refractivity contribution >= 4 is 5.91 Å². The van der Waals surface area contributed by atoms with Gasteiger partial charge >= 0.3 is 0 Å². The summed E-state index contributed by atoms with van der Waals surface area (Å²) in [5, 5.41) is 9.85. The molecule has 0 aromatic heterocycles. The van der Waals surface area contributed by atoms with Crippen molar-refractivity contribution in [2.45, 2.75) is 12.1 Å². The molecule has 4 nitrogen and oxygen atoms in total. The molecule has 1 aliphatic rings. The fourth-order valence-electron chi connectivity index (χ4n) is 2.30. The van der Waals surface area contributed by atoms with Crippen LogP contribution in [0.5, 0.6) is 0 Å². The fourth-order valence-corrected chi connectivity index (χ4v) is 2.30. The second-order valence-electron chi connectivity index (χ2n) is 4.97. The molecule has 0 saturated carbocycles. The smallest absolute Gasteiger partial charge is 0.254 e. The molecule has 1 N–H and O–H groups in total. The minimum Gasteiger partial charge on any atom is -0.390 e. The van der Waals surface area contributed by atoms with Crippen LogP contribution < -0.4 is 0 Å². The van der Waals surface area contributed by atoms with Crippen molar-refractivity contribution in [3.63, 3.8) is 0 Å². The van der Waals surface area contributed by atoms with E-state index in [0.29, 0.717) is 6.54 Å². The van der Waals surface area contributed by atoms with Crippen LogP contribution in [0.1, 0.15) is 10.4 Å². The number of likely N-dealkylation sites (tertiary alicyclic amines) is 1. The number of carbonyl (C=O) groups is 1. The Morgan fingerprint density at radius 1 is 1.26 bits per heavy atom. The van der Waals surface area contributed by atoms with E-state index in [9.17, 15) is 18.7 Å². The highest BCUT2D eigenvalue weighted by molar-refractivity contribution is 5.94. The number of hydrogen-bond donors (Lipinski definition) is 1. The zero-order chi connectivity index (χ0) is 14.2. The van der Waals surface area contributed by atoms with E-state index >= 15 is 0 Å². The normalized spacial score (nSPS) is 23.2. The summed E-state index contributed by atoms with van der Waals surface area (Å²) in [4.78, 5) is 15.4. The van der Waals surface area contributed by atoms with E-state index in [-0.39, 0.29) is 18.2 Å². The van der Waals surface area contributed by atoms with Crippen LogP contribution in [0.4, 0.5) is 8.78 Å². The molecule has 1 fully saturated rings. The third-order valence-corrected chi connectivity index (χ3v) is 3.32. The Labute approximate surface area is 110 Å². The maximum Gasteiger partial charge on any atom is 0.254 e. The first kappa shape index (κ1) is 13.9. The third kappa shape index (κ3) is 2.90. The molecule has 104 valence electrons. The summed E-state index contributed by atoms with van der Waals surface area (Å²) in [5.74, 6) is -2.04. The number of nitrogens with zero attached hydrogens (tertiary/aromatic N) is 2. The third-order valence-electron chi connectivity index (χ3n) is 3.32. The minimum atomic E-state index is -0.785. The monoisotopic (exact) mass is 270 g/mol. The second kappa shape index (κ2) is 5.22. The van der Waals surface area contributed by atoms with E-state index in [2.05, 4.69) is 0 Å². The highest BCUT2D eigenvalue weighted by Gasteiger charge is 2.35. The van der Waals surface area contributed by atoms with Gasteiger partial charge in [-0.05, 0) is 26.2 Å². The van der Waals surface area contributed by atoms with Crippen molar-refractivity contribution in [2.75, 3.05) is 27.2 Å². The number of carbonyl (C=O) groups excluding carboxylic acids is 1. The summed E-state index contributed by atoms with van der Waals surface area (Å²) >= 11 is 0. The molecule has 19 heavy (non-hydrogen) atoms. The first-order valence-corrected chi connectivity index (χ1v) is 5.98. The Kier molecular flexibility index (Phi) is 3.82. The van der Waals surface area contributed by atoms with Crippen molar-refractivity contribution in [2.24, 2.45) is 0 Å². The predicted octanol–water partition coefficient (Wildman–Crippen LogP) is 0.712. The number of aliphatic hydroxyl groups excluding tert-OH is 1. The van der Waals surface area contributed by atoms with Gasteiger partial charge in [0, 0.05) is 24.7 Å². The number of halogens is 2. The average Bonchev–Trinajstić information content (AvgIpc) is 2.69. The van der Waals surface area contributed by atoms with E-state index in [4.69, 9.17) is 0 Å². The molecule has 1 aliphatic heterocycles. The van der Waals surface area contributed by atoms with Gasteiger partial charge in [0.25, 0.3) is 5.91 Å². The first-order valence-electron chi connectivity index (χ1n) is 5.98. The zero-order valence-electron chi connectivity index (χ0n) is 10.8. The minimum absolute atomic E-state index is 0.0379. The number of β-amino-alcohol motifs (C(OH)–C–C–N with tert-alkyl or cyclic N) is 1. The summed E-state index contributed by atoms with van der Waals surface area (Å²) in [6, 6.07) is 2.56. The Morgan fingerprint density at radius 3 is 2.32 bits per heavy atom. The van der Waals surface area contributed by atoms with Gasteiger partial charge in [-0.15, -0.1) is 0 Å². The lowest BCUT2D eigenvalue weighted by Crippen LogP contribution is -2.38. The van der Waals surface area contributed by atoms with Gasteiger partial charge in [0.1, 0.15) is 11.6 Å². The summed E-state index contributed by atoms with van der Waals surface area (Å²) in [5.41, 5.74) is -0.0379. The lowest BCUT2D eigenvalue weighted by Gasteiger charge is -2.21. The molecule has 0 bridgehead atoms. The van der Waals surface area contributed by atoms with Gasteiger partial charge in [-0.1, -0.05) is 0 Å². The largest absolute Gasteiger partial charge is 0.390 e. The Balaban J connectivity index is 2.17. The molecule has 0 radical (unpaired) electrons. The SMILES string of the molecule is CN(C)[C@@H]1CN(C(=O)c2cc(F)cc(F)c2)C[C@H]1O. The summed E-state index contributed by atoms with van der Waals surface area (Å²) in [6.45, 7) is 0.505. The molecule has 6 heteroatoms. The number of rotatable bonds is 2. The summed E-state index contributed by atoms with van der Waals surface area (Å²) in [7, 11) is 3.62. The van der Waals surface area contributed by atoms with Crippen LogP contribution in [0.2, 0.25) is 0 Å². The van der Waals surface area contributed by atoms with Crippen LogP contribution >= 0.6 is 0 Å². The zero-order valence-corrected chi connectivity index (χ0v) is 10.8. The van der Waals surface area contributed by atoms with Crippen molar-refractivity contribution < 1.29 is 18.7 Å². The van der Waals surface area contributed by atoms with Gasteiger partial charge in [0.15, 0.2) is 0 Å². The van der Waals surface area contributed by atoms with Crippen LogP contribution in [-0.4, -0.2) is 60.1 Å². The molecular weight excluding hydrogens is 254 g/mol. The number of likely N-dealkylation sites (N-methyl/N-ethyl adjacent to an activating group) is 1. The standard InChI is InChI=1S/C13H16F2N2O2/c1-16(2)11-6-17(7-12(11)18)13(19)8-3-9(14)5-10(15)4-8/h3-5,11-12,18H,6-7H2,1-2H3/t11-,12-/m1/s1. The van der Waals surface area contributed by atoms with Gasteiger partial charge in [-0.25, -0.2) is 8.78 Å². The molecule has 1 amide bonds. The van der Waals surface area contributed by atoms with Crippen LogP contribution in [0.3, 0.4) is 0 Å². The van der Waals surface area contributed by atoms with E-state index in [1.807, 2.05) is 19.0 Å². The van der Waals surface area contributed by atoms with Crippen molar-refractivity contribution in [1.29, 1.82) is 0 Å². The molecular formula is C13H16F2N2O2. The van der Waals surface area contributed by atoms with E-state index < -0.39 is 23.6 Å². The van der Waals surface area contributed by atoms with Gasteiger partial charge < -0.3 is 14.9 Å². The van der Waals surface area contributed by atoms with Crippen LogP contribution in [0.25, 0.3) is 0 Å². The van der Waals surface area contributed by atoms with Gasteiger partial charge in [0.05, 0.1) is 12.1 Å². The van der Waals surface area contributed by atoms with Gasteiger partial charge in [0.2, 0.25) is 0 Å². The predicted molar refractivity (Wildman–Crippen MR) is 65.7 cm³/mol. The molecule has 2 atom stereocenters. The fraction of sp³-hybridized carbons (Fsp3) is 0.462. The van der Waals surface area contributed by atoms with Crippen molar-refractivity contribution in [3.05, 3.63) is 35.4 Å². The molecule has 0 spiro atoms. The molecule has 2 rings (SSSR count). The highest BCUT2D eigenvalue weighted by atomic mass is 19.1. The number of amides is 1. The number of aliphatic hydroxyl groups is 1. The summed E-state index contributed by atoms with van der Waals surface area (Å²) in [6.07, 6.45) is -0.655. The van der Waals surface area contributed by atoms with Crippen molar-refractivity contribution in [1.82, 2.24) is 9.80 Å². The number of hydrogen-bond acceptors (Lipinski definition) is 3. The Morgan fingerprint density at radius 2 is 1.84 bits per heavy atom. The van der Waals surface area contributed by atoms with Gasteiger partial charge in [-0.3, -0.25) is 4.79 Å². The summed E-state index contributed by atoms with van der Waals surface area (Å²) < 4.78 is 26.2. The van der Waals surface area contributed by atoms with E-state index in [1.54, 1.807) is 0 Å². The average molecular weight is 270 g/mol. The molecule has 0 unspecified atom stereocenters. The lowest BCUT2D eigenvalue weighted by atomic mass is 10.2. The van der Waals surface area contributed by atoms with Crippen LogP contribution in [-0.2, 0) is 0 Å². The topological polar surface area (TPSA) is 43.8 Å². The maximum atomic E-state index is 13.1. The van der Waals surface area contributed by atoms with Gasteiger partial charge in [-0.2, -0.15) is 0 Å². The molecule has 1 aromatic carbocycles.